The van der Waals surface area contributed by atoms with Gasteiger partial charge in [-0.1, -0.05) is 6.42 Å². The van der Waals surface area contributed by atoms with E-state index in [0.717, 1.165) is 29.0 Å². The highest BCUT2D eigenvalue weighted by Gasteiger charge is 2.32. The van der Waals surface area contributed by atoms with E-state index < -0.39 is 10.2 Å². The zero-order valence-corrected chi connectivity index (χ0v) is 13.5. The van der Waals surface area contributed by atoms with Gasteiger partial charge in [0.15, 0.2) is 0 Å². The van der Waals surface area contributed by atoms with Crippen molar-refractivity contribution in [1.29, 1.82) is 0 Å². The maximum absolute atomic E-state index is 12.5. The van der Waals surface area contributed by atoms with Crippen LogP contribution in [0.1, 0.15) is 42.0 Å². The minimum absolute atomic E-state index is 0.118. The molecule has 1 aromatic heterocycles. The molecule has 2 N–H and O–H groups in total. The molecule has 5 nitrogen and oxygen atoms in total. The van der Waals surface area contributed by atoms with Crippen molar-refractivity contribution >= 4 is 21.5 Å². The van der Waals surface area contributed by atoms with Crippen LogP contribution in [0.3, 0.4) is 0 Å². The van der Waals surface area contributed by atoms with Crippen molar-refractivity contribution in [3.05, 3.63) is 21.9 Å². The lowest BCUT2D eigenvalue weighted by molar-refractivity contribution is 0.153. The molecule has 2 heterocycles. The maximum Gasteiger partial charge on any atom is 0.280 e. The summed E-state index contributed by atoms with van der Waals surface area (Å²) in [6.07, 6.45) is 2.55. The smallest absolute Gasteiger partial charge is 0.280 e. The third-order valence-corrected chi connectivity index (χ3v) is 6.54. The minimum Gasteiger partial charge on any atom is -0.395 e. The molecule has 2 rings (SSSR count). The molecule has 0 spiro atoms. The van der Waals surface area contributed by atoms with Crippen molar-refractivity contribution in [2.75, 3.05) is 13.2 Å². The van der Waals surface area contributed by atoms with Gasteiger partial charge < -0.3 is 5.11 Å². The summed E-state index contributed by atoms with van der Waals surface area (Å²) in [5, 5.41) is 9.35. The molecule has 7 heteroatoms. The second-order valence-corrected chi connectivity index (χ2v) is 8.21. The molecule has 0 bridgehead atoms. The summed E-state index contributed by atoms with van der Waals surface area (Å²) in [5.74, 6) is 0. The van der Waals surface area contributed by atoms with E-state index in [0.29, 0.717) is 6.54 Å². The Morgan fingerprint density at radius 2 is 2.25 bits per heavy atom. The monoisotopic (exact) mass is 318 g/mol. The van der Waals surface area contributed by atoms with Gasteiger partial charge in [0.2, 0.25) is 0 Å². The minimum atomic E-state index is -3.55. The number of hydrogen-bond acceptors (Lipinski definition) is 4. The van der Waals surface area contributed by atoms with Gasteiger partial charge in [0.05, 0.1) is 12.6 Å². The van der Waals surface area contributed by atoms with Crippen LogP contribution in [0.5, 0.6) is 0 Å². The average Bonchev–Trinajstić information content (AvgIpc) is 2.85. The lowest BCUT2D eigenvalue weighted by atomic mass is 10.1. The maximum atomic E-state index is 12.5. The highest BCUT2D eigenvalue weighted by atomic mass is 32.2. The number of rotatable bonds is 5. The molecular formula is C13H22N2O3S2. The second-order valence-electron chi connectivity index (χ2n) is 5.24. The molecule has 0 saturated carbocycles. The quantitative estimate of drug-likeness (QED) is 0.870. The van der Waals surface area contributed by atoms with Gasteiger partial charge in [0.25, 0.3) is 10.2 Å². The van der Waals surface area contributed by atoms with E-state index in [9.17, 15) is 13.5 Å². The average molecular weight is 318 g/mol. The molecule has 2 unspecified atom stereocenters. The summed E-state index contributed by atoms with van der Waals surface area (Å²) < 4.78 is 29.0. The lowest BCUT2D eigenvalue weighted by Gasteiger charge is -2.34. The number of hydrogen-bond donors (Lipinski definition) is 2. The van der Waals surface area contributed by atoms with E-state index in [2.05, 4.69) is 4.72 Å². The van der Waals surface area contributed by atoms with Crippen molar-refractivity contribution in [2.45, 2.75) is 45.2 Å². The van der Waals surface area contributed by atoms with Crippen LogP contribution in [0.2, 0.25) is 0 Å². The standard InChI is InChI=1S/C13H22N2O3S2/c1-10-6-7-13(19-10)11(2)14-20(17,18)15-8-4-3-5-12(15)9-16/h6-7,11-12,14,16H,3-5,8-9H2,1-2H3. The van der Waals surface area contributed by atoms with Gasteiger partial charge in [-0.15, -0.1) is 11.3 Å². The Kier molecular flexibility index (Phi) is 5.19. The fourth-order valence-corrected chi connectivity index (χ4v) is 5.11. The van der Waals surface area contributed by atoms with Crippen LogP contribution in [0.25, 0.3) is 0 Å². The lowest BCUT2D eigenvalue weighted by Crippen LogP contribution is -2.50. The van der Waals surface area contributed by atoms with E-state index in [1.807, 2.05) is 26.0 Å². The fraction of sp³-hybridized carbons (Fsp3) is 0.692. The molecule has 1 saturated heterocycles. The third-order valence-electron chi connectivity index (χ3n) is 3.61. The van der Waals surface area contributed by atoms with E-state index >= 15 is 0 Å². The van der Waals surface area contributed by atoms with Crippen LogP contribution >= 0.6 is 11.3 Å². The summed E-state index contributed by atoms with van der Waals surface area (Å²) in [7, 11) is -3.55. The number of thiophene rings is 1. The zero-order chi connectivity index (χ0) is 14.8. The van der Waals surface area contributed by atoms with Gasteiger partial charge in [-0.2, -0.15) is 17.4 Å². The molecule has 1 fully saturated rings. The molecule has 0 radical (unpaired) electrons. The number of nitrogens with one attached hydrogen (secondary N) is 1. The van der Waals surface area contributed by atoms with Crippen LogP contribution < -0.4 is 4.72 Å². The number of nitrogens with zero attached hydrogens (tertiary/aromatic N) is 1. The molecule has 1 aromatic rings. The first-order valence-corrected chi connectivity index (χ1v) is 9.16. The molecule has 1 aliphatic rings. The van der Waals surface area contributed by atoms with Crippen molar-refractivity contribution in [2.24, 2.45) is 0 Å². The van der Waals surface area contributed by atoms with Crippen LogP contribution in [0.15, 0.2) is 12.1 Å². The molecule has 0 aliphatic carbocycles. The number of aliphatic hydroxyl groups excluding tert-OH is 1. The summed E-state index contributed by atoms with van der Waals surface area (Å²) in [6, 6.07) is 3.40. The fourth-order valence-electron chi connectivity index (χ4n) is 2.51. The Morgan fingerprint density at radius 1 is 1.50 bits per heavy atom. The van der Waals surface area contributed by atoms with Crippen molar-refractivity contribution < 1.29 is 13.5 Å². The van der Waals surface area contributed by atoms with Crippen molar-refractivity contribution in [3.8, 4) is 0 Å². The predicted molar refractivity (Wildman–Crippen MR) is 81.0 cm³/mol. The van der Waals surface area contributed by atoms with E-state index in [-0.39, 0.29) is 18.7 Å². The van der Waals surface area contributed by atoms with E-state index in [4.69, 9.17) is 0 Å². The van der Waals surface area contributed by atoms with E-state index in [1.165, 1.54) is 4.31 Å². The summed E-state index contributed by atoms with van der Waals surface area (Å²) >= 11 is 1.59. The molecule has 0 amide bonds. The Labute approximate surface area is 124 Å². The molecule has 2 atom stereocenters. The highest BCUT2D eigenvalue weighted by Crippen LogP contribution is 2.25. The van der Waals surface area contributed by atoms with Gasteiger partial charge in [-0.05, 0) is 38.8 Å². The Hall–Kier alpha value is -0.470. The van der Waals surface area contributed by atoms with Crippen LogP contribution in [-0.4, -0.2) is 37.0 Å². The van der Waals surface area contributed by atoms with Gasteiger partial charge in [0, 0.05) is 22.3 Å². The summed E-state index contributed by atoms with van der Waals surface area (Å²) in [6.45, 7) is 4.21. The molecule has 114 valence electrons. The summed E-state index contributed by atoms with van der Waals surface area (Å²) in [5.41, 5.74) is 0. The first-order chi connectivity index (χ1) is 9.44. The van der Waals surface area contributed by atoms with Gasteiger partial charge >= 0.3 is 0 Å². The Morgan fingerprint density at radius 3 is 2.85 bits per heavy atom. The van der Waals surface area contributed by atoms with Gasteiger partial charge in [0.1, 0.15) is 0 Å². The Balaban J connectivity index is 2.09. The van der Waals surface area contributed by atoms with Crippen LogP contribution in [0, 0.1) is 6.92 Å². The van der Waals surface area contributed by atoms with Gasteiger partial charge in [-0.25, -0.2) is 0 Å². The van der Waals surface area contributed by atoms with Crippen molar-refractivity contribution in [3.63, 3.8) is 0 Å². The first-order valence-electron chi connectivity index (χ1n) is 6.90. The predicted octanol–water partition coefficient (Wildman–Crippen LogP) is 1.80. The Bertz CT molecular complexity index is 542. The van der Waals surface area contributed by atoms with Crippen LogP contribution in [-0.2, 0) is 10.2 Å². The van der Waals surface area contributed by atoms with Crippen molar-refractivity contribution in [1.82, 2.24) is 9.03 Å². The number of piperidine rings is 1. The summed E-state index contributed by atoms with van der Waals surface area (Å²) in [4.78, 5) is 2.17. The SMILES string of the molecule is Cc1ccc(C(C)NS(=O)(=O)N2CCCCC2CO)s1. The normalized spacial score (nSPS) is 22.9. The first kappa shape index (κ1) is 15.9. The largest absolute Gasteiger partial charge is 0.395 e. The third kappa shape index (κ3) is 3.59. The number of aryl methyl sites for hydroxylation is 1. The van der Waals surface area contributed by atoms with E-state index in [1.54, 1.807) is 11.3 Å². The van der Waals surface area contributed by atoms with Gasteiger partial charge in [-0.3, -0.25) is 0 Å². The molecule has 1 aliphatic heterocycles. The molecule has 20 heavy (non-hydrogen) atoms. The molecular weight excluding hydrogens is 296 g/mol. The zero-order valence-electron chi connectivity index (χ0n) is 11.9. The van der Waals surface area contributed by atoms with Crippen LogP contribution in [0.4, 0.5) is 0 Å². The highest BCUT2D eigenvalue weighted by molar-refractivity contribution is 7.87. The second kappa shape index (κ2) is 6.53. The molecule has 0 aromatic carbocycles. The number of aliphatic hydroxyl groups is 1. The topological polar surface area (TPSA) is 69.6 Å².